The van der Waals surface area contributed by atoms with Gasteiger partial charge in [0.15, 0.2) is 0 Å². The summed E-state index contributed by atoms with van der Waals surface area (Å²) >= 11 is 0. The summed E-state index contributed by atoms with van der Waals surface area (Å²) in [5.41, 5.74) is 4.26. The van der Waals surface area contributed by atoms with Crippen molar-refractivity contribution in [3.63, 3.8) is 0 Å². The van der Waals surface area contributed by atoms with E-state index in [0.717, 1.165) is 29.4 Å². The summed E-state index contributed by atoms with van der Waals surface area (Å²) in [6.07, 6.45) is 4.64. The first kappa shape index (κ1) is 9.58. The van der Waals surface area contributed by atoms with Crippen molar-refractivity contribution >= 4 is 10.9 Å². The van der Waals surface area contributed by atoms with Gasteiger partial charge in [0, 0.05) is 11.1 Å². The second-order valence-corrected chi connectivity index (χ2v) is 4.47. The van der Waals surface area contributed by atoms with Crippen LogP contribution in [-0.2, 0) is 12.8 Å². The van der Waals surface area contributed by atoms with Crippen LogP contribution in [0.1, 0.15) is 29.7 Å². The lowest BCUT2D eigenvalue weighted by molar-refractivity contribution is 0.688. The first-order valence-corrected chi connectivity index (χ1v) is 5.77. The van der Waals surface area contributed by atoms with Crippen molar-refractivity contribution in [2.24, 2.45) is 0 Å². The molecule has 3 rings (SSSR count). The molecule has 0 unspecified atom stereocenters. The number of fused-ring (bicyclic) bond motifs is 3. The van der Waals surface area contributed by atoms with Crippen molar-refractivity contribution < 1.29 is 0 Å². The number of aromatic nitrogens is 2. The molecular weight excluding hydrogens is 200 g/mol. The lowest BCUT2D eigenvalue weighted by Crippen LogP contribution is -2.14. The summed E-state index contributed by atoms with van der Waals surface area (Å²) in [7, 11) is 0. The van der Waals surface area contributed by atoms with Crippen molar-refractivity contribution in [2.75, 3.05) is 0 Å². The molecule has 1 aliphatic carbocycles. The molecule has 0 radical (unpaired) electrons. The molecule has 82 valence electrons. The molecule has 1 aliphatic rings. The summed E-state index contributed by atoms with van der Waals surface area (Å²) < 4.78 is 0. The molecule has 1 aromatic carbocycles. The fourth-order valence-corrected chi connectivity index (χ4v) is 2.60. The molecule has 3 nitrogen and oxygen atoms in total. The monoisotopic (exact) mass is 214 g/mol. The van der Waals surface area contributed by atoms with Gasteiger partial charge in [0.05, 0.1) is 5.52 Å². The molecular formula is C13H14N2O. The minimum Gasteiger partial charge on any atom is -0.309 e. The van der Waals surface area contributed by atoms with Gasteiger partial charge < -0.3 is 4.98 Å². The van der Waals surface area contributed by atoms with Gasteiger partial charge in [0.25, 0.3) is 0 Å². The van der Waals surface area contributed by atoms with E-state index in [4.69, 9.17) is 0 Å². The number of hydrogen-bond donors (Lipinski definition) is 1. The number of nitrogens with zero attached hydrogens (tertiary/aromatic N) is 1. The first-order valence-electron chi connectivity index (χ1n) is 5.77. The average molecular weight is 214 g/mol. The highest BCUT2D eigenvalue weighted by Gasteiger charge is 2.14. The van der Waals surface area contributed by atoms with E-state index in [0.29, 0.717) is 0 Å². The molecule has 0 saturated carbocycles. The molecule has 0 fully saturated rings. The van der Waals surface area contributed by atoms with E-state index < -0.39 is 0 Å². The van der Waals surface area contributed by atoms with E-state index in [-0.39, 0.29) is 5.69 Å². The fraction of sp³-hybridized carbons (Fsp3) is 0.385. The summed E-state index contributed by atoms with van der Waals surface area (Å²) in [6.45, 7) is 1.93. The van der Waals surface area contributed by atoms with E-state index in [1.807, 2.05) is 6.92 Å². The fourth-order valence-electron chi connectivity index (χ4n) is 2.60. The van der Waals surface area contributed by atoms with Crippen LogP contribution in [-0.4, -0.2) is 9.97 Å². The maximum atomic E-state index is 11.4. The molecule has 0 saturated heterocycles. The van der Waals surface area contributed by atoms with Crippen molar-refractivity contribution in [2.45, 2.75) is 32.6 Å². The van der Waals surface area contributed by atoms with Gasteiger partial charge >= 0.3 is 5.69 Å². The number of benzene rings is 1. The molecule has 0 aliphatic heterocycles. The van der Waals surface area contributed by atoms with Crippen molar-refractivity contribution in [1.29, 1.82) is 0 Å². The molecule has 1 N–H and O–H groups in total. The zero-order chi connectivity index (χ0) is 11.1. The van der Waals surface area contributed by atoms with Crippen LogP contribution < -0.4 is 5.69 Å². The highest BCUT2D eigenvalue weighted by atomic mass is 16.1. The number of aryl methyl sites for hydroxylation is 3. The van der Waals surface area contributed by atoms with Crippen LogP contribution in [0, 0.1) is 6.92 Å². The zero-order valence-corrected chi connectivity index (χ0v) is 9.34. The molecule has 2 aromatic rings. The van der Waals surface area contributed by atoms with Crippen molar-refractivity contribution in [3.05, 3.63) is 39.4 Å². The number of nitrogens with one attached hydrogen (secondary N) is 1. The molecule has 0 spiro atoms. The van der Waals surface area contributed by atoms with Gasteiger partial charge in [0.1, 0.15) is 0 Å². The van der Waals surface area contributed by atoms with E-state index in [9.17, 15) is 4.79 Å². The highest BCUT2D eigenvalue weighted by molar-refractivity contribution is 5.84. The van der Waals surface area contributed by atoms with Gasteiger partial charge in [-0.25, -0.2) is 4.79 Å². The van der Waals surface area contributed by atoms with E-state index >= 15 is 0 Å². The maximum Gasteiger partial charge on any atom is 0.345 e. The quantitative estimate of drug-likeness (QED) is 0.730. The number of H-pyrrole nitrogens is 1. The Morgan fingerprint density at radius 3 is 2.94 bits per heavy atom. The van der Waals surface area contributed by atoms with Crippen LogP contribution in [0.4, 0.5) is 0 Å². The van der Waals surface area contributed by atoms with Gasteiger partial charge in [-0.1, -0.05) is 12.1 Å². The average Bonchev–Trinajstić information content (AvgIpc) is 2.28. The minimum absolute atomic E-state index is 0.232. The third-order valence-electron chi connectivity index (χ3n) is 3.41. The second-order valence-electron chi connectivity index (χ2n) is 4.47. The Morgan fingerprint density at radius 2 is 2.06 bits per heavy atom. The number of rotatable bonds is 0. The van der Waals surface area contributed by atoms with Gasteiger partial charge in [0.2, 0.25) is 0 Å². The van der Waals surface area contributed by atoms with Crippen LogP contribution in [0.15, 0.2) is 16.9 Å². The Kier molecular flexibility index (Phi) is 2.06. The van der Waals surface area contributed by atoms with E-state index in [2.05, 4.69) is 22.1 Å². The topological polar surface area (TPSA) is 45.8 Å². The van der Waals surface area contributed by atoms with Gasteiger partial charge in [-0.05, 0) is 43.7 Å². The van der Waals surface area contributed by atoms with Crippen LogP contribution >= 0.6 is 0 Å². The Hall–Kier alpha value is -1.64. The summed E-state index contributed by atoms with van der Waals surface area (Å²) in [6, 6.07) is 4.27. The molecule has 0 bridgehead atoms. The first-order chi connectivity index (χ1) is 7.75. The maximum absolute atomic E-state index is 11.4. The van der Waals surface area contributed by atoms with Crippen LogP contribution in [0.3, 0.4) is 0 Å². The van der Waals surface area contributed by atoms with Gasteiger partial charge in [-0.15, -0.1) is 0 Å². The third-order valence-corrected chi connectivity index (χ3v) is 3.41. The smallest absolute Gasteiger partial charge is 0.309 e. The molecule has 0 atom stereocenters. The summed E-state index contributed by atoms with van der Waals surface area (Å²) in [5.74, 6) is 0. The molecule has 0 amide bonds. The Labute approximate surface area is 93.5 Å². The Morgan fingerprint density at radius 1 is 1.25 bits per heavy atom. The normalized spacial score (nSPS) is 15.1. The Balaban J connectivity index is 2.42. The van der Waals surface area contributed by atoms with E-state index in [1.54, 1.807) is 0 Å². The molecule has 16 heavy (non-hydrogen) atoms. The SMILES string of the molecule is Cc1[nH]c(=O)nc2c3c(ccc12)CCCC3. The Bertz CT molecular complexity index is 613. The van der Waals surface area contributed by atoms with Crippen molar-refractivity contribution in [1.82, 2.24) is 9.97 Å². The van der Waals surface area contributed by atoms with Crippen LogP contribution in [0.2, 0.25) is 0 Å². The number of aromatic amines is 1. The van der Waals surface area contributed by atoms with Gasteiger partial charge in [-0.3, -0.25) is 0 Å². The largest absolute Gasteiger partial charge is 0.345 e. The lowest BCUT2D eigenvalue weighted by atomic mass is 9.89. The highest BCUT2D eigenvalue weighted by Crippen LogP contribution is 2.27. The molecule has 1 heterocycles. The summed E-state index contributed by atoms with van der Waals surface area (Å²) in [4.78, 5) is 18.3. The molecule has 1 aromatic heterocycles. The van der Waals surface area contributed by atoms with Crippen molar-refractivity contribution in [3.8, 4) is 0 Å². The predicted octanol–water partition coefficient (Wildman–Crippen LogP) is 2.11. The number of hydrogen-bond acceptors (Lipinski definition) is 2. The van der Waals surface area contributed by atoms with Crippen LogP contribution in [0.5, 0.6) is 0 Å². The van der Waals surface area contributed by atoms with E-state index in [1.165, 1.54) is 24.0 Å². The van der Waals surface area contributed by atoms with Crippen LogP contribution in [0.25, 0.3) is 10.9 Å². The lowest BCUT2D eigenvalue weighted by Gasteiger charge is -2.17. The zero-order valence-electron chi connectivity index (χ0n) is 9.34. The molecule has 3 heteroatoms. The second kappa shape index (κ2) is 3.44. The standard InChI is InChI=1S/C13H14N2O/c1-8-10-7-6-9-4-2-3-5-11(9)12(10)15-13(16)14-8/h6-7H,2-5H2,1H3,(H,14,15,16). The third kappa shape index (κ3) is 1.35. The minimum atomic E-state index is -0.232. The predicted molar refractivity (Wildman–Crippen MR) is 63.7 cm³/mol. The summed E-state index contributed by atoms with van der Waals surface area (Å²) in [5, 5.41) is 1.08. The van der Waals surface area contributed by atoms with Gasteiger partial charge in [-0.2, -0.15) is 4.98 Å².